The van der Waals surface area contributed by atoms with Crippen LogP contribution in [0.15, 0.2) is 24.3 Å². The van der Waals surface area contributed by atoms with Gasteiger partial charge in [0, 0.05) is 18.2 Å². The predicted molar refractivity (Wildman–Crippen MR) is 74.6 cm³/mol. The summed E-state index contributed by atoms with van der Waals surface area (Å²) in [6, 6.07) is 8.21. The monoisotopic (exact) mass is 246 g/mol. The van der Waals surface area contributed by atoms with Gasteiger partial charge in [-0.1, -0.05) is 25.1 Å². The fraction of sp³-hybridized carbons (Fsp3) is 0.533. The molecule has 0 spiro atoms. The smallest absolute Gasteiger partial charge is 0.225 e. The van der Waals surface area contributed by atoms with Gasteiger partial charge in [-0.05, 0) is 43.9 Å². The summed E-state index contributed by atoms with van der Waals surface area (Å²) in [4.78, 5) is 12.0. The van der Waals surface area contributed by atoms with E-state index < -0.39 is 0 Å². The molecule has 2 N–H and O–H groups in total. The van der Waals surface area contributed by atoms with E-state index in [1.165, 1.54) is 12.8 Å². The first-order valence-corrected chi connectivity index (χ1v) is 6.75. The van der Waals surface area contributed by atoms with Crippen molar-refractivity contribution in [2.24, 2.45) is 5.92 Å². The van der Waals surface area contributed by atoms with E-state index in [1.807, 2.05) is 31.2 Å². The molecule has 1 aliphatic heterocycles. The van der Waals surface area contributed by atoms with Gasteiger partial charge in [-0.3, -0.25) is 4.79 Å². The Morgan fingerprint density at radius 3 is 2.94 bits per heavy atom. The van der Waals surface area contributed by atoms with Crippen LogP contribution in [0.4, 0.5) is 5.69 Å². The van der Waals surface area contributed by atoms with Crippen LogP contribution >= 0.6 is 0 Å². The lowest BCUT2D eigenvalue weighted by atomic mass is 9.90. The number of anilines is 1. The minimum Gasteiger partial charge on any atom is -0.326 e. The average molecular weight is 246 g/mol. The van der Waals surface area contributed by atoms with E-state index in [0.717, 1.165) is 17.8 Å². The first kappa shape index (κ1) is 13.1. The van der Waals surface area contributed by atoms with Crippen LogP contribution in [0.3, 0.4) is 0 Å². The molecule has 18 heavy (non-hydrogen) atoms. The molecule has 3 nitrogen and oxygen atoms in total. The number of carbonyl (C=O) groups excluding carboxylic acids is 1. The molecule has 2 atom stereocenters. The molecule has 1 saturated heterocycles. The molecule has 0 radical (unpaired) electrons. The third-order valence-corrected chi connectivity index (χ3v) is 3.75. The Balaban J connectivity index is 1.90. The molecule has 1 amide bonds. The van der Waals surface area contributed by atoms with Crippen LogP contribution < -0.4 is 10.6 Å². The lowest BCUT2D eigenvalue weighted by Gasteiger charge is -2.29. The maximum atomic E-state index is 12.0. The van der Waals surface area contributed by atoms with Crippen molar-refractivity contribution in [1.82, 2.24) is 5.32 Å². The fourth-order valence-electron chi connectivity index (χ4n) is 2.50. The summed E-state index contributed by atoms with van der Waals surface area (Å²) in [5, 5.41) is 6.44. The molecule has 0 saturated carbocycles. The molecule has 2 rings (SSSR count). The van der Waals surface area contributed by atoms with E-state index in [0.29, 0.717) is 18.4 Å². The van der Waals surface area contributed by atoms with E-state index in [1.54, 1.807) is 0 Å². The summed E-state index contributed by atoms with van der Waals surface area (Å²) >= 11 is 0. The molecule has 1 heterocycles. The number of hydrogen-bond acceptors (Lipinski definition) is 2. The highest BCUT2D eigenvalue weighted by Crippen LogP contribution is 2.19. The molecule has 0 bridgehead atoms. The Morgan fingerprint density at radius 1 is 1.44 bits per heavy atom. The molecule has 0 aliphatic carbocycles. The molecule has 2 unspecified atom stereocenters. The van der Waals surface area contributed by atoms with E-state index in [9.17, 15) is 4.79 Å². The number of aryl methyl sites for hydroxylation is 1. The van der Waals surface area contributed by atoms with Gasteiger partial charge in [-0.15, -0.1) is 0 Å². The Morgan fingerprint density at radius 2 is 2.22 bits per heavy atom. The highest BCUT2D eigenvalue weighted by molar-refractivity contribution is 5.91. The Kier molecular flexibility index (Phi) is 4.37. The molecule has 1 aromatic carbocycles. The maximum absolute atomic E-state index is 12.0. The highest BCUT2D eigenvalue weighted by atomic mass is 16.1. The third-order valence-electron chi connectivity index (χ3n) is 3.75. The van der Waals surface area contributed by atoms with Gasteiger partial charge in [0.1, 0.15) is 0 Å². The standard InChI is InChI=1S/C15H22N2O/c1-11-6-3-4-8-13(11)17-15(18)10-14-12(2)7-5-9-16-14/h3-4,6,8,12,14,16H,5,7,9-10H2,1-2H3,(H,17,18). The number of benzene rings is 1. The van der Waals surface area contributed by atoms with Crippen molar-refractivity contribution < 1.29 is 4.79 Å². The zero-order valence-electron chi connectivity index (χ0n) is 11.2. The first-order chi connectivity index (χ1) is 8.66. The lowest BCUT2D eigenvalue weighted by molar-refractivity contribution is -0.117. The van der Waals surface area contributed by atoms with Gasteiger partial charge in [0.2, 0.25) is 5.91 Å². The summed E-state index contributed by atoms with van der Waals surface area (Å²) in [6.45, 7) is 5.27. The molecular weight excluding hydrogens is 224 g/mol. The number of rotatable bonds is 3. The molecule has 98 valence electrons. The van der Waals surface area contributed by atoms with E-state index in [-0.39, 0.29) is 5.91 Å². The molecule has 1 aliphatic rings. The number of hydrogen-bond donors (Lipinski definition) is 2. The highest BCUT2D eigenvalue weighted by Gasteiger charge is 2.23. The van der Waals surface area contributed by atoms with Gasteiger partial charge in [0.15, 0.2) is 0 Å². The average Bonchev–Trinajstić information content (AvgIpc) is 2.35. The summed E-state index contributed by atoms with van der Waals surface area (Å²) in [5.74, 6) is 0.692. The van der Waals surface area contributed by atoms with Gasteiger partial charge >= 0.3 is 0 Å². The van der Waals surface area contributed by atoms with Gasteiger partial charge in [0.25, 0.3) is 0 Å². The Labute approximate surface area is 109 Å². The fourth-order valence-corrected chi connectivity index (χ4v) is 2.50. The molecular formula is C15H22N2O. The minimum absolute atomic E-state index is 0.107. The number of para-hydroxylation sites is 1. The second-order valence-corrected chi connectivity index (χ2v) is 5.25. The maximum Gasteiger partial charge on any atom is 0.225 e. The zero-order valence-corrected chi connectivity index (χ0v) is 11.2. The van der Waals surface area contributed by atoms with Crippen LogP contribution in [0, 0.1) is 12.8 Å². The van der Waals surface area contributed by atoms with Crippen LogP contribution in [0.2, 0.25) is 0 Å². The number of piperidine rings is 1. The summed E-state index contributed by atoms with van der Waals surface area (Å²) in [5.41, 5.74) is 2.03. The van der Waals surface area contributed by atoms with Crippen molar-refractivity contribution in [1.29, 1.82) is 0 Å². The molecule has 0 aromatic heterocycles. The second-order valence-electron chi connectivity index (χ2n) is 5.25. The summed E-state index contributed by atoms with van der Waals surface area (Å²) < 4.78 is 0. The van der Waals surface area contributed by atoms with Crippen LogP contribution in [0.1, 0.15) is 31.7 Å². The van der Waals surface area contributed by atoms with Crippen LogP contribution in [0.25, 0.3) is 0 Å². The van der Waals surface area contributed by atoms with Gasteiger partial charge in [0.05, 0.1) is 0 Å². The number of nitrogens with one attached hydrogen (secondary N) is 2. The quantitative estimate of drug-likeness (QED) is 0.861. The van der Waals surface area contributed by atoms with E-state index >= 15 is 0 Å². The molecule has 3 heteroatoms. The number of carbonyl (C=O) groups is 1. The van der Waals surface area contributed by atoms with Crippen molar-refractivity contribution in [3.8, 4) is 0 Å². The number of amides is 1. The van der Waals surface area contributed by atoms with Crippen molar-refractivity contribution in [3.05, 3.63) is 29.8 Å². The molecule has 1 fully saturated rings. The van der Waals surface area contributed by atoms with Crippen molar-refractivity contribution in [2.75, 3.05) is 11.9 Å². The Hall–Kier alpha value is -1.35. The van der Waals surface area contributed by atoms with Gasteiger partial charge in [-0.25, -0.2) is 0 Å². The topological polar surface area (TPSA) is 41.1 Å². The second kappa shape index (κ2) is 6.01. The first-order valence-electron chi connectivity index (χ1n) is 6.75. The predicted octanol–water partition coefficient (Wildman–Crippen LogP) is 2.71. The summed E-state index contributed by atoms with van der Waals surface area (Å²) in [6.07, 6.45) is 3.00. The van der Waals surface area contributed by atoms with Crippen LogP contribution in [0.5, 0.6) is 0 Å². The van der Waals surface area contributed by atoms with Crippen LogP contribution in [-0.2, 0) is 4.79 Å². The third kappa shape index (κ3) is 3.33. The van der Waals surface area contributed by atoms with Gasteiger partial charge < -0.3 is 10.6 Å². The largest absolute Gasteiger partial charge is 0.326 e. The van der Waals surface area contributed by atoms with Gasteiger partial charge in [-0.2, -0.15) is 0 Å². The Bertz CT molecular complexity index is 417. The SMILES string of the molecule is Cc1ccccc1NC(=O)CC1NCCCC1C. The van der Waals surface area contributed by atoms with Crippen molar-refractivity contribution in [3.63, 3.8) is 0 Å². The molecule has 1 aromatic rings. The van der Waals surface area contributed by atoms with Crippen molar-refractivity contribution in [2.45, 2.75) is 39.2 Å². The van der Waals surface area contributed by atoms with E-state index in [4.69, 9.17) is 0 Å². The minimum atomic E-state index is 0.107. The zero-order chi connectivity index (χ0) is 13.0. The summed E-state index contributed by atoms with van der Waals surface area (Å²) in [7, 11) is 0. The van der Waals surface area contributed by atoms with E-state index in [2.05, 4.69) is 17.6 Å². The van der Waals surface area contributed by atoms with Crippen LogP contribution in [-0.4, -0.2) is 18.5 Å². The lowest BCUT2D eigenvalue weighted by Crippen LogP contribution is -2.42. The van der Waals surface area contributed by atoms with Crippen molar-refractivity contribution >= 4 is 11.6 Å². The normalized spacial score (nSPS) is 23.7.